The number of rotatable bonds is 5. The zero-order valence-electron chi connectivity index (χ0n) is 12.5. The molecule has 1 amide bonds. The van der Waals surface area contributed by atoms with Crippen LogP contribution in [0.3, 0.4) is 0 Å². The van der Waals surface area contributed by atoms with Crippen LogP contribution in [0.5, 0.6) is 0 Å². The first-order valence-electron chi connectivity index (χ1n) is 7.45. The summed E-state index contributed by atoms with van der Waals surface area (Å²) in [6, 6.07) is 7.37. The van der Waals surface area contributed by atoms with Crippen molar-refractivity contribution in [2.45, 2.75) is 18.9 Å². The first-order valence-corrected chi connectivity index (χ1v) is 8.24. The third-order valence-electron chi connectivity index (χ3n) is 3.53. The van der Waals surface area contributed by atoms with E-state index in [-0.39, 0.29) is 12.0 Å². The van der Waals surface area contributed by atoms with Crippen LogP contribution >= 0.6 is 15.9 Å². The molecule has 1 fully saturated rings. The van der Waals surface area contributed by atoms with Gasteiger partial charge in [-0.2, -0.15) is 0 Å². The Balaban J connectivity index is 1.55. The minimum atomic E-state index is -0.238. The summed E-state index contributed by atoms with van der Waals surface area (Å²) < 4.78 is 6.48. The number of anilines is 2. The Morgan fingerprint density at radius 2 is 2.00 bits per heavy atom. The highest BCUT2D eigenvalue weighted by molar-refractivity contribution is 9.10. The van der Waals surface area contributed by atoms with Crippen LogP contribution in [-0.2, 0) is 4.74 Å². The molecule has 1 unspecified atom stereocenters. The zero-order chi connectivity index (χ0) is 16.1. The summed E-state index contributed by atoms with van der Waals surface area (Å²) in [5.41, 5.74) is 1.13. The lowest BCUT2D eigenvalue weighted by atomic mass is 10.2. The van der Waals surface area contributed by atoms with Gasteiger partial charge >= 0.3 is 0 Å². The summed E-state index contributed by atoms with van der Waals surface area (Å²) in [6.07, 6.45) is 5.40. The van der Waals surface area contributed by atoms with E-state index in [9.17, 15) is 4.79 Å². The van der Waals surface area contributed by atoms with Gasteiger partial charge in [-0.1, -0.05) is 15.9 Å². The van der Waals surface area contributed by atoms with Crippen LogP contribution in [0.4, 0.5) is 11.6 Å². The van der Waals surface area contributed by atoms with Crippen molar-refractivity contribution in [1.29, 1.82) is 0 Å². The SMILES string of the molecule is O=C(Nc1ccc(Br)cc1)c1cnc(NCC2CCCO2)nc1. The second-order valence-electron chi connectivity index (χ2n) is 5.27. The molecule has 1 aliphatic rings. The molecular formula is C16H17BrN4O2. The smallest absolute Gasteiger partial charge is 0.258 e. The number of carbonyl (C=O) groups excluding carboxylic acids is 1. The van der Waals surface area contributed by atoms with Crippen molar-refractivity contribution in [1.82, 2.24) is 9.97 Å². The van der Waals surface area contributed by atoms with Crippen LogP contribution in [0.25, 0.3) is 0 Å². The predicted octanol–water partition coefficient (Wildman–Crippen LogP) is 3.08. The molecule has 2 heterocycles. The maximum absolute atomic E-state index is 12.1. The van der Waals surface area contributed by atoms with Crippen molar-refractivity contribution in [3.05, 3.63) is 46.7 Å². The standard InChI is InChI=1S/C16H17BrN4O2/c17-12-3-5-13(6-4-12)21-15(22)11-8-18-16(19-9-11)20-10-14-2-1-7-23-14/h3-6,8-9,14H,1-2,7,10H2,(H,21,22)(H,18,19,20). The largest absolute Gasteiger partial charge is 0.376 e. The van der Waals surface area contributed by atoms with Crippen molar-refractivity contribution in [2.24, 2.45) is 0 Å². The highest BCUT2D eigenvalue weighted by Crippen LogP contribution is 2.15. The van der Waals surface area contributed by atoms with E-state index >= 15 is 0 Å². The van der Waals surface area contributed by atoms with Gasteiger partial charge in [0.1, 0.15) is 0 Å². The Hall–Kier alpha value is -1.99. The molecule has 0 bridgehead atoms. The molecule has 1 saturated heterocycles. The molecule has 3 rings (SSSR count). The van der Waals surface area contributed by atoms with E-state index in [0.717, 1.165) is 29.6 Å². The molecule has 120 valence electrons. The van der Waals surface area contributed by atoms with E-state index in [4.69, 9.17) is 4.74 Å². The lowest BCUT2D eigenvalue weighted by Gasteiger charge is -2.10. The van der Waals surface area contributed by atoms with Crippen LogP contribution in [0.2, 0.25) is 0 Å². The Bertz CT molecular complexity index is 655. The molecule has 1 atom stereocenters. The summed E-state index contributed by atoms with van der Waals surface area (Å²) >= 11 is 3.35. The molecule has 6 nitrogen and oxygen atoms in total. The number of amides is 1. The second kappa shape index (κ2) is 7.52. The number of hydrogen-bond donors (Lipinski definition) is 2. The lowest BCUT2D eigenvalue weighted by Crippen LogP contribution is -2.20. The summed E-state index contributed by atoms with van der Waals surface area (Å²) in [5.74, 6) is 0.263. The third kappa shape index (κ3) is 4.49. The van der Waals surface area contributed by atoms with Crippen LogP contribution < -0.4 is 10.6 Å². The van der Waals surface area contributed by atoms with Gasteiger partial charge in [0.15, 0.2) is 0 Å². The molecule has 2 N–H and O–H groups in total. The average Bonchev–Trinajstić information content (AvgIpc) is 3.09. The molecule has 0 aliphatic carbocycles. The molecule has 7 heteroatoms. The Morgan fingerprint density at radius 1 is 1.26 bits per heavy atom. The first-order chi connectivity index (χ1) is 11.2. The van der Waals surface area contributed by atoms with Gasteiger partial charge < -0.3 is 15.4 Å². The van der Waals surface area contributed by atoms with Gasteiger partial charge in [-0.3, -0.25) is 4.79 Å². The molecule has 1 aliphatic heterocycles. The van der Waals surface area contributed by atoms with E-state index < -0.39 is 0 Å². The maximum atomic E-state index is 12.1. The van der Waals surface area contributed by atoms with E-state index in [0.29, 0.717) is 18.1 Å². The van der Waals surface area contributed by atoms with Crippen LogP contribution in [0.15, 0.2) is 41.1 Å². The number of nitrogens with zero attached hydrogens (tertiary/aromatic N) is 2. The highest BCUT2D eigenvalue weighted by atomic mass is 79.9. The number of benzene rings is 1. The van der Waals surface area contributed by atoms with Crippen molar-refractivity contribution < 1.29 is 9.53 Å². The minimum Gasteiger partial charge on any atom is -0.376 e. The Labute approximate surface area is 142 Å². The second-order valence-corrected chi connectivity index (χ2v) is 6.19. The topological polar surface area (TPSA) is 76.1 Å². The van der Waals surface area contributed by atoms with Gasteiger partial charge in [0.2, 0.25) is 5.95 Å². The first kappa shape index (κ1) is 15.9. The van der Waals surface area contributed by atoms with Crippen molar-refractivity contribution >= 4 is 33.5 Å². The van der Waals surface area contributed by atoms with Gasteiger partial charge in [0.05, 0.1) is 11.7 Å². The van der Waals surface area contributed by atoms with E-state index in [1.807, 2.05) is 24.3 Å². The van der Waals surface area contributed by atoms with Gasteiger partial charge in [0.25, 0.3) is 5.91 Å². The Kier molecular flexibility index (Phi) is 5.19. The third-order valence-corrected chi connectivity index (χ3v) is 4.06. The predicted molar refractivity (Wildman–Crippen MR) is 91.6 cm³/mol. The van der Waals surface area contributed by atoms with Crippen LogP contribution in [0, 0.1) is 0 Å². The quantitative estimate of drug-likeness (QED) is 0.838. The normalized spacial score (nSPS) is 17.0. The summed E-state index contributed by atoms with van der Waals surface area (Å²) in [7, 11) is 0. The van der Waals surface area contributed by atoms with Crippen molar-refractivity contribution in [2.75, 3.05) is 23.8 Å². The van der Waals surface area contributed by atoms with Crippen LogP contribution in [0.1, 0.15) is 23.2 Å². The van der Waals surface area contributed by atoms with E-state index in [1.165, 1.54) is 12.4 Å². The number of ether oxygens (including phenoxy) is 1. The zero-order valence-corrected chi connectivity index (χ0v) is 14.0. The number of halogens is 1. The van der Waals surface area contributed by atoms with Crippen molar-refractivity contribution in [3.8, 4) is 0 Å². The number of carbonyl (C=O) groups is 1. The number of aromatic nitrogens is 2. The van der Waals surface area contributed by atoms with Crippen LogP contribution in [-0.4, -0.2) is 35.1 Å². The average molecular weight is 377 g/mol. The Morgan fingerprint density at radius 3 is 2.65 bits per heavy atom. The van der Waals surface area contributed by atoms with E-state index in [1.54, 1.807) is 0 Å². The van der Waals surface area contributed by atoms with Gasteiger partial charge in [-0.05, 0) is 37.1 Å². The molecule has 0 radical (unpaired) electrons. The molecular weight excluding hydrogens is 360 g/mol. The van der Waals surface area contributed by atoms with E-state index in [2.05, 4.69) is 36.5 Å². The summed E-state index contributed by atoms with van der Waals surface area (Å²) in [5, 5.41) is 5.93. The summed E-state index contributed by atoms with van der Waals surface area (Å²) in [6.45, 7) is 1.51. The fraction of sp³-hybridized carbons (Fsp3) is 0.312. The molecule has 1 aromatic carbocycles. The van der Waals surface area contributed by atoms with Gasteiger partial charge in [-0.25, -0.2) is 9.97 Å². The molecule has 2 aromatic rings. The maximum Gasteiger partial charge on any atom is 0.258 e. The van der Waals surface area contributed by atoms with Crippen molar-refractivity contribution in [3.63, 3.8) is 0 Å². The number of nitrogens with one attached hydrogen (secondary N) is 2. The molecule has 1 aromatic heterocycles. The molecule has 0 saturated carbocycles. The molecule has 0 spiro atoms. The van der Waals surface area contributed by atoms with Gasteiger partial charge in [0, 0.05) is 35.7 Å². The van der Waals surface area contributed by atoms with Gasteiger partial charge in [-0.15, -0.1) is 0 Å². The fourth-order valence-corrected chi connectivity index (χ4v) is 2.55. The fourth-order valence-electron chi connectivity index (χ4n) is 2.28. The summed E-state index contributed by atoms with van der Waals surface area (Å²) in [4.78, 5) is 20.5. The minimum absolute atomic E-state index is 0.221. The lowest BCUT2D eigenvalue weighted by molar-refractivity contribution is 0.102. The number of hydrogen-bond acceptors (Lipinski definition) is 5. The highest BCUT2D eigenvalue weighted by Gasteiger charge is 2.15. The molecule has 23 heavy (non-hydrogen) atoms. The monoisotopic (exact) mass is 376 g/mol.